The average Bonchev–Trinajstić information content (AvgIpc) is 2.48. The summed E-state index contributed by atoms with van der Waals surface area (Å²) in [6, 6.07) is 6.31. The molecule has 0 atom stereocenters. The lowest BCUT2D eigenvalue weighted by molar-refractivity contribution is 0.116. The first-order chi connectivity index (χ1) is 9.74. The number of benzene rings is 1. The van der Waals surface area contributed by atoms with Crippen LogP contribution in [0.5, 0.6) is 0 Å². The van der Waals surface area contributed by atoms with Crippen LogP contribution in [0.4, 0.5) is 9.18 Å². The highest BCUT2D eigenvalue weighted by Gasteiger charge is 2.15. The SMILES string of the molecule is O=C(NCCc1ccc(F)cc1)OCC1CCCCC1. The third kappa shape index (κ3) is 5.19. The highest BCUT2D eigenvalue weighted by Crippen LogP contribution is 2.23. The summed E-state index contributed by atoms with van der Waals surface area (Å²) in [5.74, 6) is 0.292. The Bertz CT molecular complexity index is 413. The van der Waals surface area contributed by atoms with Crippen LogP contribution in [0.1, 0.15) is 37.7 Å². The number of carbonyl (C=O) groups excluding carboxylic acids is 1. The maximum atomic E-state index is 12.7. The third-order valence-electron chi connectivity index (χ3n) is 3.77. The molecule has 3 nitrogen and oxygen atoms in total. The van der Waals surface area contributed by atoms with Gasteiger partial charge in [-0.3, -0.25) is 0 Å². The van der Waals surface area contributed by atoms with E-state index in [9.17, 15) is 9.18 Å². The first kappa shape index (κ1) is 14.8. The monoisotopic (exact) mass is 279 g/mol. The summed E-state index contributed by atoms with van der Waals surface area (Å²) < 4.78 is 18.0. The molecule has 2 rings (SSSR count). The molecule has 1 amide bonds. The van der Waals surface area contributed by atoms with Crippen LogP contribution in [-0.4, -0.2) is 19.2 Å². The van der Waals surface area contributed by atoms with Gasteiger partial charge in [0.2, 0.25) is 0 Å². The first-order valence-corrected chi connectivity index (χ1v) is 7.39. The van der Waals surface area contributed by atoms with E-state index in [0.29, 0.717) is 25.5 Å². The molecule has 110 valence electrons. The molecule has 20 heavy (non-hydrogen) atoms. The molecule has 0 aliphatic heterocycles. The van der Waals surface area contributed by atoms with Crippen LogP contribution >= 0.6 is 0 Å². The molecule has 1 fully saturated rings. The van der Waals surface area contributed by atoms with Crippen LogP contribution < -0.4 is 5.32 Å². The van der Waals surface area contributed by atoms with Crippen molar-refractivity contribution in [2.75, 3.05) is 13.2 Å². The normalized spacial score (nSPS) is 15.8. The van der Waals surface area contributed by atoms with Crippen LogP contribution in [0.25, 0.3) is 0 Å². The second-order valence-corrected chi connectivity index (χ2v) is 5.41. The number of carbonyl (C=O) groups is 1. The van der Waals surface area contributed by atoms with Gasteiger partial charge in [0.05, 0.1) is 6.61 Å². The van der Waals surface area contributed by atoms with Gasteiger partial charge in [-0.2, -0.15) is 0 Å². The Balaban J connectivity index is 1.58. The summed E-state index contributed by atoms with van der Waals surface area (Å²) in [5.41, 5.74) is 0.999. The van der Waals surface area contributed by atoms with Gasteiger partial charge in [0, 0.05) is 6.54 Å². The molecular weight excluding hydrogens is 257 g/mol. The molecule has 0 saturated heterocycles. The van der Waals surface area contributed by atoms with Crippen LogP contribution in [0.15, 0.2) is 24.3 Å². The molecule has 1 N–H and O–H groups in total. The van der Waals surface area contributed by atoms with Crippen LogP contribution in [0.2, 0.25) is 0 Å². The van der Waals surface area contributed by atoms with E-state index in [-0.39, 0.29) is 11.9 Å². The van der Waals surface area contributed by atoms with Gasteiger partial charge in [0.15, 0.2) is 0 Å². The van der Waals surface area contributed by atoms with Crippen molar-refractivity contribution in [3.63, 3.8) is 0 Å². The van der Waals surface area contributed by atoms with E-state index in [0.717, 1.165) is 5.56 Å². The topological polar surface area (TPSA) is 38.3 Å². The number of nitrogens with one attached hydrogen (secondary N) is 1. The van der Waals surface area contributed by atoms with Gasteiger partial charge < -0.3 is 10.1 Å². The first-order valence-electron chi connectivity index (χ1n) is 7.39. The smallest absolute Gasteiger partial charge is 0.407 e. The van der Waals surface area contributed by atoms with E-state index in [1.807, 2.05) is 0 Å². The maximum Gasteiger partial charge on any atom is 0.407 e. The molecule has 0 unspecified atom stereocenters. The predicted molar refractivity (Wildman–Crippen MR) is 76.0 cm³/mol. The number of rotatable bonds is 5. The molecule has 0 aromatic heterocycles. The zero-order valence-electron chi connectivity index (χ0n) is 11.7. The molecule has 1 saturated carbocycles. The second-order valence-electron chi connectivity index (χ2n) is 5.41. The van der Waals surface area contributed by atoms with E-state index >= 15 is 0 Å². The van der Waals surface area contributed by atoms with Gasteiger partial charge in [0.25, 0.3) is 0 Å². The quantitative estimate of drug-likeness (QED) is 0.893. The molecule has 1 aromatic rings. The van der Waals surface area contributed by atoms with Crippen LogP contribution in [0.3, 0.4) is 0 Å². The predicted octanol–water partition coefficient (Wildman–Crippen LogP) is 3.67. The molecule has 0 radical (unpaired) electrons. The van der Waals surface area contributed by atoms with Crippen molar-refractivity contribution in [1.29, 1.82) is 0 Å². The highest BCUT2D eigenvalue weighted by atomic mass is 19.1. The van der Waals surface area contributed by atoms with Crippen molar-refractivity contribution < 1.29 is 13.9 Å². The lowest BCUT2D eigenvalue weighted by Gasteiger charge is -2.21. The van der Waals surface area contributed by atoms with Crippen molar-refractivity contribution in [3.8, 4) is 0 Å². The fourth-order valence-corrected chi connectivity index (χ4v) is 2.56. The summed E-state index contributed by atoms with van der Waals surface area (Å²) in [6.07, 6.45) is 6.48. The molecule has 0 heterocycles. The molecule has 4 heteroatoms. The second kappa shape index (κ2) is 7.88. The summed E-state index contributed by atoms with van der Waals surface area (Å²) >= 11 is 0. The van der Waals surface area contributed by atoms with E-state index in [2.05, 4.69) is 5.32 Å². The summed E-state index contributed by atoms with van der Waals surface area (Å²) in [7, 11) is 0. The van der Waals surface area contributed by atoms with Crippen molar-refractivity contribution in [1.82, 2.24) is 5.32 Å². The van der Waals surface area contributed by atoms with Gasteiger partial charge in [0.1, 0.15) is 5.82 Å². The Morgan fingerprint density at radius 1 is 1.20 bits per heavy atom. The minimum atomic E-state index is -0.349. The Morgan fingerprint density at radius 2 is 1.90 bits per heavy atom. The molecule has 0 bridgehead atoms. The third-order valence-corrected chi connectivity index (χ3v) is 3.77. The number of halogens is 1. The summed E-state index contributed by atoms with van der Waals surface area (Å²) in [5, 5.41) is 2.73. The average molecular weight is 279 g/mol. The van der Waals surface area contributed by atoms with Crippen molar-refractivity contribution in [2.45, 2.75) is 38.5 Å². The molecule has 0 spiro atoms. The minimum absolute atomic E-state index is 0.242. The fraction of sp³-hybridized carbons (Fsp3) is 0.562. The van der Waals surface area contributed by atoms with Gasteiger partial charge in [-0.25, -0.2) is 9.18 Å². The van der Waals surface area contributed by atoms with Crippen molar-refractivity contribution in [3.05, 3.63) is 35.6 Å². The fourth-order valence-electron chi connectivity index (χ4n) is 2.56. The lowest BCUT2D eigenvalue weighted by Crippen LogP contribution is -2.28. The molecule has 1 aliphatic rings. The summed E-state index contributed by atoms with van der Waals surface area (Å²) in [6.45, 7) is 1.04. The summed E-state index contributed by atoms with van der Waals surface area (Å²) in [4.78, 5) is 11.5. The number of hydrogen-bond acceptors (Lipinski definition) is 2. The highest BCUT2D eigenvalue weighted by molar-refractivity contribution is 5.67. The van der Waals surface area contributed by atoms with E-state index in [4.69, 9.17) is 4.74 Å². The standard InChI is InChI=1S/C16H22FNO2/c17-15-8-6-13(7-9-15)10-11-18-16(19)20-12-14-4-2-1-3-5-14/h6-9,14H,1-5,10-12H2,(H,18,19). The maximum absolute atomic E-state index is 12.7. The van der Waals surface area contributed by atoms with E-state index in [1.165, 1.54) is 44.2 Å². The molecule has 1 aliphatic carbocycles. The van der Waals surface area contributed by atoms with Gasteiger partial charge >= 0.3 is 6.09 Å². The van der Waals surface area contributed by atoms with Crippen LogP contribution in [0, 0.1) is 11.7 Å². The zero-order valence-corrected chi connectivity index (χ0v) is 11.7. The number of hydrogen-bond donors (Lipinski definition) is 1. The zero-order chi connectivity index (χ0) is 14.2. The van der Waals surface area contributed by atoms with Gasteiger partial charge in [-0.15, -0.1) is 0 Å². The minimum Gasteiger partial charge on any atom is -0.449 e. The Morgan fingerprint density at radius 3 is 2.60 bits per heavy atom. The lowest BCUT2D eigenvalue weighted by atomic mass is 9.90. The van der Waals surface area contributed by atoms with Crippen molar-refractivity contribution in [2.24, 2.45) is 5.92 Å². The number of amides is 1. The number of ether oxygens (including phenoxy) is 1. The Kier molecular flexibility index (Phi) is 5.84. The van der Waals surface area contributed by atoms with Gasteiger partial charge in [-0.1, -0.05) is 31.4 Å². The molecular formula is C16H22FNO2. The Labute approximate surface area is 119 Å². The largest absolute Gasteiger partial charge is 0.449 e. The Hall–Kier alpha value is -1.58. The molecule has 1 aromatic carbocycles. The van der Waals surface area contributed by atoms with Crippen LogP contribution in [-0.2, 0) is 11.2 Å². The van der Waals surface area contributed by atoms with E-state index in [1.54, 1.807) is 12.1 Å². The van der Waals surface area contributed by atoms with Gasteiger partial charge in [-0.05, 0) is 42.9 Å². The number of alkyl carbamates (subject to hydrolysis) is 1. The van der Waals surface area contributed by atoms with Crippen molar-refractivity contribution >= 4 is 6.09 Å². The van der Waals surface area contributed by atoms with E-state index < -0.39 is 0 Å².